The molecule has 0 saturated carbocycles. The van der Waals surface area contributed by atoms with Gasteiger partial charge in [-0.25, -0.2) is 0 Å². The van der Waals surface area contributed by atoms with Gasteiger partial charge in [0.05, 0.1) is 0 Å². The van der Waals surface area contributed by atoms with E-state index in [1.807, 2.05) is 44.1 Å². The van der Waals surface area contributed by atoms with Gasteiger partial charge in [0.2, 0.25) is 11.9 Å². The molecule has 0 heterocycles. The highest BCUT2D eigenvalue weighted by atomic mass is 15.4. The van der Waals surface area contributed by atoms with E-state index in [-0.39, 0.29) is 0 Å². The largest absolute Gasteiger partial charge is 0.349 e. The predicted molar refractivity (Wildman–Crippen MR) is 86.9 cm³/mol. The molecular formula is C15H25N5. The van der Waals surface area contributed by atoms with Gasteiger partial charge < -0.3 is 9.80 Å². The molecular weight excluding hydrogens is 250 g/mol. The van der Waals surface area contributed by atoms with Crippen LogP contribution in [0.1, 0.15) is 11.1 Å². The first-order chi connectivity index (χ1) is 9.31. The topological polar surface area (TPSA) is 45.9 Å². The fourth-order valence-electron chi connectivity index (χ4n) is 2.41. The highest BCUT2D eigenvalue weighted by molar-refractivity contribution is 6.05. The molecule has 20 heavy (non-hydrogen) atoms. The summed E-state index contributed by atoms with van der Waals surface area (Å²) in [5.41, 5.74) is 3.38. The molecule has 0 aromatic heterocycles. The zero-order chi connectivity index (χ0) is 15.4. The van der Waals surface area contributed by atoms with Crippen LogP contribution in [0.25, 0.3) is 0 Å². The Hall–Kier alpha value is -2.04. The summed E-state index contributed by atoms with van der Waals surface area (Å²) in [5.74, 6) is 1.13. The van der Waals surface area contributed by atoms with Crippen LogP contribution in [-0.2, 0) is 0 Å². The summed E-state index contributed by atoms with van der Waals surface area (Å²) in [6.07, 6.45) is 0. The Morgan fingerprint density at radius 3 is 1.95 bits per heavy atom. The van der Waals surface area contributed by atoms with Gasteiger partial charge in [-0.2, -0.15) is 0 Å². The first-order valence-corrected chi connectivity index (χ1v) is 6.57. The van der Waals surface area contributed by atoms with Crippen LogP contribution in [0.4, 0.5) is 5.69 Å². The first kappa shape index (κ1) is 16.0. The van der Waals surface area contributed by atoms with Gasteiger partial charge in [0, 0.05) is 40.9 Å². The third-order valence-electron chi connectivity index (χ3n) is 3.31. The van der Waals surface area contributed by atoms with Gasteiger partial charge in [0.15, 0.2) is 0 Å². The average Bonchev–Trinajstić information content (AvgIpc) is 2.37. The number of hydrogen-bond donors (Lipinski definition) is 1. The van der Waals surface area contributed by atoms with E-state index in [1.54, 1.807) is 11.9 Å². The van der Waals surface area contributed by atoms with Crippen molar-refractivity contribution < 1.29 is 0 Å². The van der Waals surface area contributed by atoms with Gasteiger partial charge in [-0.1, -0.05) is 18.2 Å². The lowest BCUT2D eigenvalue weighted by atomic mass is 10.1. The molecule has 0 bridgehead atoms. The van der Waals surface area contributed by atoms with Crippen molar-refractivity contribution in [1.29, 1.82) is 5.41 Å². The molecule has 0 aliphatic carbocycles. The molecule has 0 spiro atoms. The van der Waals surface area contributed by atoms with Crippen LogP contribution < -0.4 is 4.90 Å². The highest BCUT2D eigenvalue weighted by Gasteiger charge is 2.19. The van der Waals surface area contributed by atoms with Crippen molar-refractivity contribution >= 4 is 17.6 Å². The van der Waals surface area contributed by atoms with Crippen LogP contribution in [0.3, 0.4) is 0 Å². The molecule has 0 fully saturated rings. The molecule has 5 nitrogen and oxygen atoms in total. The van der Waals surface area contributed by atoms with Crippen LogP contribution in [0.15, 0.2) is 23.2 Å². The number of aryl methyl sites for hydroxylation is 2. The van der Waals surface area contributed by atoms with Crippen molar-refractivity contribution in [2.45, 2.75) is 13.8 Å². The molecule has 110 valence electrons. The zero-order valence-corrected chi connectivity index (χ0v) is 13.5. The van der Waals surface area contributed by atoms with E-state index >= 15 is 0 Å². The molecule has 0 radical (unpaired) electrons. The van der Waals surface area contributed by atoms with Gasteiger partial charge in [0.1, 0.15) is 0 Å². The van der Waals surface area contributed by atoms with E-state index in [2.05, 4.69) is 31.0 Å². The van der Waals surface area contributed by atoms with E-state index < -0.39 is 0 Å². The summed E-state index contributed by atoms with van der Waals surface area (Å²) in [6.45, 7) is 4.12. The molecule has 0 saturated heterocycles. The molecule has 0 aliphatic rings. The summed E-state index contributed by atoms with van der Waals surface area (Å²) in [6, 6.07) is 6.16. The lowest BCUT2D eigenvalue weighted by molar-refractivity contribution is 0.525. The summed E-state index contributed by atoms with van der Waals surface area (Å²) in [5, 5.41) is 8.40. The fourth-order valence-corrected chi connectivity index (χ4v) is 2.41. The van der Waals surface area contributed by atoms with Crippen molar-refractivity contribution in [2.24, 2.45) is 4.99 Å². The third kappa shape index (κ3) is 3.10. The normalized spacial score (nSPS) is 11.2. The van der Waals surface area contributed by atoms with E-state index in [4.69, 9.17) is 5.41 Å². The maximum Gasteiger partial charge on any atom is 0.204 e. The van der Waals surface area contributed by atoms with Crippen LogP contribution in [0.2, 0.25) is 0 Å². The molecule has 0 aliphatic heterocycles. The second kappa shape index (κ2) is 6.41. The lowest BCUT2D eigenvalue weighted by Gasteiger charge is -2.32. The Kier molecular flexibility index (Phi) is 5.13. The van der Waals surface area contributed by atoms with Crippen molar-refractivity contribution in [3.05, 3.63) is 29.3 Å². The van der Waals surface area contributed by atoms with Gasteiger partial charge in [0.25, 0.3) is 0 Å². The summed E-state index contributed by atoms with van der Waals surface area (Å²) in [4.78, 5) is 9.78. The molecule has 0 atom stereocenters. The minimum atomic E-state index is 0.386. The SMILES string of the molecule is C/N=C(\N(C)C)N(C)C(=N)N(C)c1c(C)cccc1C. The molecule has 1 aromatic carbocycles. The number of hydrogen-bond acceptors (Lipinski definition) is 2. The van der Waals surface area contributed by atoms with E-state index in [1.165, 1.54) is 0 Å². The Labute approximate surface area is 122 Å². The number of benzene rings is 1. The molecule has 1 rings (SSSR count). The second-order valence-corrected chi connectivity index (χ2v) is 5.10. The smallest absolute Gasteiger partial charge is 0.204 e. The molecule has 5 heteroatoms. The summed E-state index contributed by atoms with van der Waals surface area (Å²) in [7, 11) is 9.35. The average molecular weight is 275 g/mol. The Morgan fingerprint density at radius 2 is 1.55 bits per heavy atom. The highest BCUT2D eigenvalue weighted by Crippen LogP contribution is 2.23. The Bertz CT molecular complexity index is 499. The van der Waals surface area contributed by atoms with E-state index in [0.717, 1.165) is 22.8 Å². The first-order valence-electron chi connectivity index (χ1n) is 6.57. The van der Waals surface area contributed by atoms with Crippen LogP contribution >= 0.6 is 0 Å². The van der Waals surface area contributed by atoms with E-state index in [9.17, 15) is 0 Å². The standard InChI is InChI=1S/C15H25N5/c1-11-9-8-10-12(2)13(11)19(6)14(16)20(7)15(17-3)18(4)5/h8-10,16H,1-7H3/b16-14?,17-15+. The number of rotatable bonds is 1. The molecule has 0 amide bonds. The number of nitrogens with zero attached hydrogens (tertiary/aromatic N) is 4. The Morgan fingerprint density at radius 1 is 1.05 bits per heavy atom. The second-order valence-electron chi connectivity index (χ2n) is 5.10. The summed E-state index contributed by atoms with van der Waals surface area (Å²) >= 11 is 0. The molecule has 1 N–H and O–H groups in total. The number of nitrogens with one attached hydrogen (secondary N) is 1. The maximum atomic E-state index is 8.40. The van der Waals surface area contributed by atoms with Crippen molar-refractivity contribution in [3.63, 3.8) is 0 Å². The van der Waals surface area contributed by atoms with E-state index in [0.29, 0.717) is 5.96 Å². The van der Waals surface area contributed by atoms with Crippen LogP contribution in [0, 0.1) is 19.3 Å². The molecule has 0 unspecified atom stereocenters. The Balaban J connectivity index is 3.09. The predicted octanol–water partition coefficient (Wildman–Crippen LogP) is 2.15. The lowest BCUT2D eigenvalue weighted by Crippen LogP contribution is -2.48. The van der Waals surface area contributed by atoms with Gasteiger partial charge in [-0.15, -0.1) is 0 Å². The minimum Gasteiger partial charge on any atom is -0.349 e. The van der Waals surface area contributed by atoms with Crippen molar-refractivity contribution in [3.8, 4) is 0 Å². The number of aliphatic imine (C=N–C) groups is 1. The van der Waals surface area contributed by atoms with Crippen molar-refractivity contribution in [1.82, 2.24) is 9.80 Å². The maximum absolute atomic E-state index is 8.40. The number of para-hydroxylation sites is 1. The van der Waals surface area contributed by atoms with Gasteiger partial charge in [-0.05, 0) is 25.0 Å². The monoisotopic (exact) mass is 275 g/mol. The van der Waals surface area contributed by atoms with Crippen LogP contribution in [-0.4, -0.2) is 57.0 Å². The van der Waals surface area contributed by atoms with Crippen LogP contribution in [0.5, 0.6) is 0 Å². The minimum absolute atomic E-state index is 0.386. The number of anilines is 1. The van der Waals surface area contributed by atoms with Crippen molar-refractivity contribution in [2.75, 3.05) is 40.1 Å². The quantitative estimate of drug-likeness (QED) is 0.631. The van der Waals surface area contributed by atoms with Gasteiger partial charge >= 0.3 is 0 Å². The summed E-state index contributed by atoms with van der Waals surface area (Å²) < 4.78 is 0. The fraction of sp³-hybridized carbons (Fsp3) is 0.467. The number of guanidine groups is 2. The molecule has 1 aromatic rings. The zero-order valence-electron chi connectivity index (χ0n) is 13.5. The van der Waals surface area contributed by atoms with Gasteiger partial charge in [-0.3, -0.25) is 15.3 Å². The third-order valence-corrected chi connectivity index (χ3v) is 3.31.